The molecule has 0 aliphatic heterocycles. The van der Waals surface area contributed by atoms with E-state index in [1.54, 1.807) is 19.0 Å². The highest BCUT2D eigenvalue weighted by molar-refractivity contribution is 5.93. The number of carbonyl (C=O) groups is 1. The van der Waals surface area contributed by atoms with Crippen molar-refractivity contribution in [2.24, 2.45) is 5.92 Å². The summed E-state index contributed by atoms with van der Waals surface area (Å²) in [5.41, 5.74) is 4.93. The Kier molecular flexibility index (Phi) is 10.2. The lowest BCUT2D eigenvalue weighted by atomic mass is 9.63. The van der Waals surface area contributed by atoms with E-state index in [0.29, 0.717) is 0 Å². The molecule has 0 aromatic heterocycles. The van der Waals surface area contributed by atoms with Gasteiger partial charge in [0.25, 0.3) is 5.91 Å². The number of benzene rings is 2. The van der Waals surface area contributed by atoms with Crippen LogP contribution in [0.2, 0.25) is 0 Å². The van der Waals surface area contributed by atoms with Gasteiger partial charge in [-0.3, -0.25) is 4.79 Å². The molecule has 0 spiro atoms. The van der Waals surface area contributed by atoms with Crippen molar-refractivity contribution in [3.05, 3.63) is 70.8 Å². The Bertz CT molecular complexity index is 737. The smallest absolute Gasteiger partial charge is 0.253 e. The van der Waals surface area contributed by atoms with Gasteiger partial charge in [0.1, 0.15) is 0 Å². The molecule has 0 radical (unpaired) electrons. The minimum atomic E-state index is 0.0634. The van der Waals surface area contributed by atoms with Crippen LogP contribution in [0.15, 0.2) is 48.5 Å². The summed E-state index contributed by atoms with van der Waals surface area (Å²) >= 11 is 0. The Hall–Kier alpha value is -2.09. The van der Waals surface area contributed by atoms with Gasteiger partial charge >= 0.3 is 0 Å². The normalized spacial score (nSPS) is 20.5. The maximum absolute atomic E-state index is 12.2. The van der Waals surface area contributed by atoms with Crippen LogP contribution in [0.4, 0.5) is 0 Å². The van der Waals surface area contributed by atoms with Gasteiger partial charge in [0, 0.05) is 25.1 Å². The van der Waals surface area contributed by atoms with Gasteiger partial charge in [-0.1, -0.05) is 76.6 Å². The highest BCUT2D eigenvalue weighted by Crippen LogP contribution is 2.46. The second kappa shape index (κ2) is 11.8. The minimum absolute atomic E-state index is 0.0634. The average molecular weight is 396 g/mol. The lowest BCUT2D eigenvalue weighted by molar-refractivity contribution is 0.0827. The van der Waals surface area contributed by atoms with E-state index in [9.17, 15) is 4.79 Å². The molecule has 0 heterocycles. The SMILES string of the molecule is CC.CC.Cc1cccc(C2(c3ccc(C(=O)N(C)C)cc3)CCC(C)CC2)c1. The molecule has 3 rings (SSSR count). The summed E-state index contributed by atoms with van der Waals surface area (Å²) in [4.78, 5) is 13.8. The van der Waals surface area contributed by atoms with E-state index >= 15 is 0 Å². The van der Waals surface area contributed by atoms with Crippen molar-refractivity contribution in [2.45, 2.75) is 72.6 Å². The third-order valence-corrected chi connectivity index (χ3v) is 5.79. The molecule has 0 bridgehead atoms. The molecule has 0 saturated heterocycles. The van der Waals surface area contributed by atoms with E-state index in [1.165, 1.54) is 42.4 Å². The Morgan fingerprint density at radius 1 is 0.897 bits per heavy atom. The van der Waals surface area contributed by atoms with E-state index in [4.69, 9.17) is 0 Å². The summed E-state index contributed by atoms with van der Waals surface area (Å²) in [5, 5.41) is 0. The van der Waals surface area contributed by atoms with Gasteiger partial charge in [0.2, 0.25) is 0 Å². The van der Waals surface area contributed by atoms with Crippen LogP contribution in [0, 0.1) is 12.8 Å². The number of aryl methyl sites for hydroxylation is 1. The van der Waals surface area contributed by atoms with Crippen LogP contribution in [0.3, 0.4) is 0 Å². The maximum Gasteiger partial charge on any atom is 0.253 e. The molecule has 2 heteroatoms. The van der Waals surface area contributed by atoms with Crippen molar-refractivity contribution in [3.63, 3.8) is 0 Å². The van der Waals surface area contributed by atoms with Gasteiger partial charge < -0.3 is 4.90 Å². The zero-order valence-electron chi connectivity index (χ0n) is 19.9. The highest BCUT2D eigenvalue weighted by atomic mass is 16.2. The zero-order valence-corrected chi connectivity index (χ0v) is 19.9. The van der Waals surface area contributed by atoms with Crippen molar-refractivity contribution < 1.29 is 4.79 Å². The van der Waals surface area contributed by atoms with Crippen molar-refractivity contribution >= 4 is 5.91 Å². The molecule has 1 saturated carbocycles. The topological polar surface area (TPSA) is 20.3 Å². The van der Waals surface area contributed by atoms with Crippen LogP contribution < -0.4 is 0 Å². The molecule has 1 fully saturated rings. The van der Waals surface area contributed by atoms with Crippen molar-refractivity contribution in [3.8, 4) is 0 Å². The number of nitrogens with zero attached hydrogens (tertiary/aromatic N) is 1. The predicted octanol–water partition coefficient (Wildman–Crippen LogP) is 7.25. The van der Waals surface area contributed by atoms with E-state index in [2.05, 4.69) is 50.2 Å². The fourth-order valence-corrected chi connectivity index (χ4v) is 4.13. The number of amides is 1. The van der Waals surface area contributed by atoms with Gasteiger partial charge in [-0.25, -0.2) is 0 Å². The Morgan fingerprint density at radius 2 is 1.45 bits per heavy atom. The third-order valence-electron chi connectivity index (χ3n) is 5.79. The summed E-state index contributed by atoms with van der Waals surface area (Å²) < 4.78 is 0. The van der Waals surface area contributed by atoms with Crippen LogP contribution in [-0.4, -0.2) is 24.9 Å². The molecule has 160 valence electrons. The first-order chi connectivity index (χ1) is 13.9. The van der Waals surface area contributed by atoms with Crippen LogP contribution in [0.1, 0.15) is 87.4 Å². The van der Waals surface area contributed by atoms with Gasteiger partial charge in [-0.2, -0.15) is 0 Å². The zero-order chi connectivity index (χ0) is 22.0. The van der Waals surface area contributed by atoms with Crippen molar-refractivity contribution in [2.75, 3.05) is 14.1 Å². The second-order valence-corrected chi connectivity index (χ2v) is 7.91. The summed E-state index contributed by atoms with van der Waals surface area (Å²) in [7, 11) is 3.60. The number of carbonyl (C=O) groups excluding carboxylic acids is 1. The van der Waals surface area contributed by atoms with Gasteiger partial charge in [-0.05, 0) is 61.8 Å². The molecule has 2 aromatic carbocycles. The fraction of sp³-hybridized carbons (Fsp3) is 0.519. The second-order valence-electron chi connectivity index (χ2n) is 7.91. The van der Waals surface area contributed by atoms with Gasteiger partial charge in [0.15, 0.2) is 0 Å². The monoisotopic (exact) mass is 395 g/mol. The molecule has 1 aliphatic carbocycles. The highest BCUT2D eigenvalue weighted by Gasteiger charge is 2.37. The fourth-order valence-electron chi connectivity index (χ4n) is 4.13. The van der Waals surface area contributed by atoms with Crippen LogP contribution in [-0.2, 0) is 5.41 Å². The molecular formula is C27H41NO. The first kappa shape index (κ1) is 24.9. The lowest BCUT2D eigenvalue weighted by Crippen LogP contribution is -2.32. The minimum Gasteiger partial charge on any atom is -0.345 e. The average Bonchev–Trinajstić information content (AvgIpc) is 2.77. The van der Waals surface area contributed by atoms with E-state index in [-0.39, 0.29) is 11.3 Å². The van der Waals surface area contributed by atoms with Crippen molar-refractivity contribution in [1.82, 2.24) is 4.90 Å². The van der Waals surface area contributed by atoms with E-state index in [0.717, 1.165) is 11.5 Å². The molecule has 2 aromatic rings. The summed E-state index contributed by atoms with van der Waals surface area (Å²) in [5.74, 6) is 0.862. The molecule has 1 aliphatic rings. The van der Waals surface area contributed by atoms with E-state index in [1.807, 2.05) is 39.8 Å². The number of hydrogen-bond donors (Lipinski definition) is 0. The van der Waals surface area contributed by atoms with Crippen LogP contribution in [0.5, 0.6) is 0 Å². The van der Waals surface area contributed by atoms with Crippen molar-refractivity contribution in [1.29, 1.82) is 0 Å². The summed E-state index contributed by atoms with van der Waals surface area (Å²) in [6.07, 6.45) is 4.87. The number of hydrogen-bond acceptors (Lipinski definition) is 1. The Balaban J connectivity index is 0.000000989. The Morgan fingerprint density at radius 3 is 1.93 bits per heavy atom. The lowest BCUT2D eigenvalue weighted by Gasteiger charge is -2.41. The number of rotatable bonds is 3. The summed E-state index contributed by atoms with van der Waals surface area (Å²) in [6, 6.07) is 17.3. The van der Waals surface area contributed by atoms with Crippen LogP contribution in [0.25, 0.3) is 0 Å². The Labute approximate surface area is 179 Å². The van der Waals surface area contributed by atoms with E-state index < -0.39 is 0 Å². The maximum atomic E-state index is 12.2. The molecular weight excluding hydrogens is 354 g/mol. The largest absolute Gasteiger partial charge is 0.345 e. The molecule has 1 amide bonds. The molecule has 29 heavy (non-hydrogen) atoms. The molecule has 0 unspecified atom stereocenters. The predicted molar refractivity (Wildman–Crippen MR) is 127 cm³/mol. The molecule has 0 N–H and O–H groups in total. The van der Waals surface area contributed by atoms with Gasteiger partial charge in [-0.15, -0.1) is 0 Å². The molecule has 2 nitrogen and oxygen atoms in total. The quantitative estimate of drug-likeness (QED) is 0.536. The van der Waals surface area contributed by atoms with Gasteiger partial charge in [0.05, 0.1) is 0 Å². The first-order valence-corrected chi connectivity index (χ1v) is 11.3. The first-order valence-electron chi connectivity index (χ1n) is 11.3. The third kappa shape index (κ3) is 5.95. The molecule has 0 atom stereocenters. The summed E-state index contributed by atoms with van der Waals surface area (Å²) in [6.45, 7) is 12.5. The van der Waals surface area contributed by atoms with Crippen LogP contribution >= 0.6 is 0 Å². The standard InChI is InChI=1S/C23H29NO.2C2H6/c1-17-12-14-23(15-13-17,21-7-5-6-18(2)16-21)20-10-8-19(9-11-20)22(25)24(3)4;2*1-2/h5-11,16-17H,12-15H2,1-4H3;2*1-2H3.